The predicted octanol–water partition coefficient (Wildman–Crippen LogP) is 2.86. The van der Waals surface area contributed by atoms with E-state index < -0.39 is 0 Å². The van der Waals surface area contributed by atoms with E-state index in [1.165, 1.54) is 30.6 Å². The molecule has 0 atom stereocenters. The molecule has 1 heterocycles. The first-order chi connectivity index (χ1) is 5.92. The molecule has 2 N–H and O–H groups in total. The largest absolute Gasteiger partial charge is 0.326 e. The molecule has 0 aromatic carbocycles. The maximum Gasteiger partial charge on any atom is 0.0276 e. The maximum atomic E-state index is 5.67. The maximum absolute atomic E-state index is 5.67. The molecule has 1 aliphatic carbocycles. The summed E-state index contributed by atoms with van der Waals surface area (Å²) in [6.45, 7) is 0.726. The molecule has 0 bridgehead atoms. The van der Waals surface area contributed by atoms with Crippen molar-refractivity contribution in [2.75, 3.05) is 0 Å². The highest BCUT2D eigenvalue weighted by molar-refractivity contribution is 7.10. The number of hydrogen-bond acceptors (Lipinski definition) is 2. The van der Waals surface area contributed by atoms with Gasteiger partial charge in [0.05, 0.1) is 0 Å². The van der Waals surface area contributed by atoms with Gasteiger partial charge in [-0.3, -0.25) is 0 Å². The highest BCUT2D eigenvalue weighted by Gasteiger charge is 2.19. The predicted molar refractivity (Wildman–Crippen MR) is 53.4 cm³/mol. The van der Waals surface area contributed by atoms with Crippen molar-refractivity contribution in [2.24, 2.45) is 5.73 Å². The van der Waals surface area contributed by atoms with Gasteiger partial charge in [0.15, 0.2) is 0 Å². The summed E-state index contributed by atoms with van der Waals surface area (Å²) in [4.78, 5) is 1.40. The Balaban J connectivity index is 2.19. The lowest BCUT2D eigenvalue weighted by Gasteiger charge is -2.08. The molecule has 1 aliphatic rings. The third-order valence-corrected chi connectivity index (χ3v) is 3.72. The average Bonchev–Trinajstić information content (AvgIpc) is 2.74. The Morgan fingerprint density at radius 1 is 1.42 bits per heavy atom. The highest BCUT2D eigenvalue weighted by Crippen LogP contribution is 2.37. The summed E-state index contributed by atoms with van der Waals surface area (Å²) in [6.07, 6.45) is 5.57. The van der Waals surface area contributed by atoms with Gasteiger partial charge < -0.3 is 5.73 Å². The SMILES string of the molecule is NCc1sccc1C1CCCC1. The fraction of sp³-hybridized carbons (Fsp3) is 0.600. The van der Waals surface area contributed by atoms with E-state index in [0.717, 1.165) is 12.5 Å². The van der Waals surface area contributed by atoms with E-state index in [1.54, 1.807) is 5.56 Å². The summed E-state index contributed by atoms with van der Waals surface area (Å²) in [5.74, 6) is 0.829. The molecule has 0 unspecified atom stereocenters. The number of rotatable bonds is 2. The number of thiophene rings is 1. The normalized spacial score (nSPS) is 18.8. The monoisotopic (exact) mass is 181 g/mol. The first kappa shape index (κ1) is 8.27. The van der Waals surface area contributed by atoms with Gasteiger partial charge in [0.1, 0.15) is 0 Å². The fourth-order valence-corrected chi connectivity index (χ4v) is 2.96. The van der Waals surface area contributed by atoms with Gasteiger partial charge in [-0.25, -0.2) is 0 Å². The van der Waals surface area contributed by atoms with Gasteiger partial charge >= 0.3 is 0 Å². The summed E-state index contributed by atoms with van der Waals surface area (Å²) in [7, 11) is 0. The van der Waals surface area contributed by atoms with Gasteiger partial charge in [-0.1, -0.05) is 12.8 Å². The smallest absolute Gasteiger partial charge is 0.0276 e. The quantitative estimate of drug-likeness (QED) is 0.746. The molecule has 1 nitrogen and oxygen atoms in total. The zero-order valence-corrected chi connectivity index (χ0v) is 8.07. The molecule has 1 aromatic rings. The molecule has 0 spiro atoms. The molecule has 1 fully saturated rings. The minimum Gasteiger partial charge on any atom is -0.326 e. The van der Waals surface area contributed by atoms with Crippen LogP contribution in [0.3, 0.4) is 0 Å². The van der Waals surface area contributed by atoms with Crippen LogP contribution in [0.2, 0.25) is 0 Å². The minimum atomic E-state index is 0.726. The first-order valence-corrected chi connectivity index (χ1v) is 5.56. The third-order valence-electron chi connectivity index (χ3n) is 2.76. The van der Waals surface area contributed by atoms with E-state index >= 15 is 0 Å². The first-order valence-electron chi connectivity index (χ1n) is 4.68. The standard InChI is InChI=1S/C10H15NS/c11-7-10-9(5-6-12-10)8-3-1-2-4-8/h5-6,8H,1-4,7,11H2. The Bertz CT molecular complexity index is 248. The number of hydrogen-bond donors (Lipinski definition) is 1. The van der Waals surface area contributed by atoms with E-state index in [9.17, 15) is 0 Å². The third kappa shape index (κ3) is 1.41. The van der Waals surface area contributed by atoms with Crippen LogP contribution in [0.15, 0.2) is 11.4 Å². The molecule has 0 saturated heterocycles. The van der Waals surface area contributed by atoms with Crippen molar-refractivity contribution in [3.8, 4) is 0 Å². The summed E-state index contributed by atoms with van der Waals surface area (Å²) < 4.78 is 0. The van der Waals surface area contributed by atoms with Crippen molar-refractivity contribution in [3.05, 3.63) is 21.9 Å². The van der Waals surface area contributed by atoms with E-state index in [-0.39, 0.29) is 0 Å². The molecule has 0 aliphatic heterocycles. The van der Waals surface area contributed by atoms with Crippen LogP contribution in [-0.2, 0) is 6.54 Å². The van der Waals surface area contributed by atoms with Crippen molar-refractivity contribution >= 4 is 11.3 Å². The van der Waals surface area contributed by atoms with Gasteiger partial charge in [-0.05, 0) is 35.8 Å². The lowest BCUT2D eigenvalue weighted by Crippen LogP contribution is -2.00. The highest BCUT2D eigenvalue weighted by atomic mass is 32.1. The van der Waals surface area contributed by atoms with E-state index in [2.05, 4.69) is 11.4 Å². The molecular weight excluding hydrogens is 166 g/mol. The van der Waals surface area contributed by atoms with Crippen LogP contribution >= 0.6 is 11.3 Å². The zero-order chi connectivity index (χ0) is 8.39. The lowest BCUT2D eigenvalue weighted by molar-refractivity contribution is 0.717. The molecule has 1 saturated carbocycles. The summed E-state index contributed by atoms with van der Waals surface area (Å²) >= 11 is 1.81. The second kappa shape index (κ2) is 3.58. The van der Waals surface area contributed by atoms with Crippen molar-refractivity contribution in [2.45, 2.75) is 38.1 Å². The molecule has 2 heteroatoms. The molecule has 12 heavy (non-hydrogen) atoms. The van der Waals surface area contributed by atoms with Gasteiger partial charge in [-0.15, -0.1) is 11.3 Å². The van der Waals surface area contributed by atoms with Crippen molar-refractivity contribution in [1.29, 1.82) is 0 Å². The number of nitrogens with two attached hydrogens (primary N) is 1. The summed E-state index contributed by atoms with van der Waals surface area (Å²) in [5.41, 5.74) is 7.21. The second-order valence-corrected chi connectivity index (χ2v) is 4.49. The van der Waals surface area contributed by atoms with Gasteiger partial charge in [-0.2, -0.15) is 0 Å². The zero-order valence-electron chi connectivity index (χ0n) is 7.25. The molecule has 2 rings (SSSR count). The fourth-order valence-electron chi connectivity index (χ4n) is 2.12. The molecule has 66 valence electrons. The summed E-state index contributed by atoms with van der Waals surface area (Å²) in [6, 6.07) is 2.27. The average molecular weight is 181 g/mol. The Morgan fingerprint density at radius 3 is 2.83 bits per heavy atom. The van der Waals surface area contributed by atoms with Crippen LogP contribution < -0.4 is 5.73 Å². The molecule has 0 amide bonds. The topological polar surface area (TPSA) is 26.0 Å². The molecular formula is C10H15NS. The Hall–Kier alpha value is -0.340. The van der Waals surface area contributed by atoms with E-state index in [4.69, 9.17) is 5.73 Å². The van der Waals surface area contributed by atoms with Crippen LogP contribution in [-0.4, -0.2) is 0 Å². The molecule has 0 radical (unpaired) electrons. The van der Waals surface area contributed by atoms with Crippen LogP contribution in [0.5, 0.6) is 0 Å². The van der Waals surface area contributed by atoms with Crippen LogP contribution in [0.4, 0.5) is 0 Å². The Kier molecular flexibility index (Phi) is 2.47. The van der Waals surface area contributed by atoms with Crippen LogP contribution in [0, 0.1) is 0 Å². The Morgan fingerprint density at radius 2 is 2.17 bits per heavy atom. The van der Waals surface area contributed by atoms with Gasteiger partial charge in [0.2, 0.25) is 0 Å². The second-order valence-electron chi connectivity index (χ2n) is 3.48. The summed E-state index contributed by atoms with van der Waals surface area (Å²) in [5, 5.41) is 2.18. The van der Waals surface area contributed by atoms with Crippen molar-refractivity contribution in [3.63, 3.8) is 0 Å². The molecule has 1 aromatic heterocycles. The van der Waals surface area contributed by atoms with E-state index in [1.807, 2.05) is 11.3 Å². The van der Waals surface area contributed by atoms with Crippen LogP contribution in [0.1, 0.15) is 42.0 Å². The van der Waals surface area contributed by atoms with Crippen molar-refractivity contribution in [1.82, 2.24) is 0 Å². The van der Waals surface area contributed by atoms with Crippen molar-refractivity contribution < 1.29 is 0 Å². The minimum absolute atomic E-state index is 0.726. The van der Waals surface area contributed by atoms with Gasteiger partial charge in [0.25, 0.3) is 0 Å². The van der Waals surface area contributed by atoms with Crippen LogP contribution in [0.25, 0.3) is 0 Å². The lowest BCUT2D eigenvalue weighted by atomic mass is 9.98. The Labute approximate surface area is 77.6 Å². The van der Waals surface area contributed by atoms with Gasteiger partial charge in [0, 0.05) is 11.4 Å². The van der Waals surface area contributed by atoms with E-state index in [0.29, 0.717) is 0 Å².